The molecule has 0 aromatic heterocycles. The van der Waals surface area contributed by atoms with Crippen molar-refractivity contribution in [2.24, 2.45) is 5.84 Å². The maximum Gasteiger partial charge on any atom is 0.235 e. The Morgan fingerprint density at radius 2 is 1.95 bits per heavy atom. The minimum atomic E-state index is -0.0960. The summed E-state index contributed by atoms with van der Waals surface area (Å²) >= 11 is 0. The molecule has 3 N–H and O–H groups in total. The standard InChI is InChI=1S/C14H22N4O/c1-12-4-2-3-5-13(12)18-10-8-17(9-11-18)7-6-14(19)16-15/h2-5H,6-11,15H2,1H3,(H,16,19). The average Bonchev–Trinajstić information content (AvgIpc) is 2.46. The van der Waals surface area contributed by atoms with E-state index in [1.54, 1.807) is 0 Å². The molecule has 1 amide bonds. The molecule has 0 aliphatic carbocycles. The van der Waals surface area contributed by atoms with Crippen LogP contribution in [0.25, 0.3) is 0 Å². The highest BCUT2D eigenvalue weighted by Gasteiger charge is 2.18. The first-order valence-electron chi connectivity index (χ1n) is 6.73. The van der Waals surface area contributed by atoms with Crippen LogP contribution < -0.4 is 16.2 Å². The SMILES string of the molecule is Cc1ccccc1N1CCN(CCC(=O)NN)CC1. The molecule has 0 unspecified atom stereocenters. The number of anilines is 1. The Bertz CT molecular complexity index is 427. The van der Waals surface area contributed by atoms with Crippen molar-refractivity contribution in [3.05, 3.63) is 29.8 Å². The smallest absolute Gasteiger partial charge is 0.235 e. The van der Waals surface area contributed by atoms with Crippen LogP contribution in [0.4, 0.5) is 5.69 Å². The van der Waals surface area contributed by atoms with Gasteiger partial charge in [0.15, 0.2) is 0 Å². The van der Waals surface area contributed by atoms with Crippen LogP contribution in [0.1, 0.15) is 12.0 Å². The van der Waals surface area contributed by atoms with E-state index in [1.807, 2.05) is 0 Å². The molecule has 1 aromatic carbocycles. The average molecular weight is 262 g/mol. The quantitative estimate of drug-likeness (QED) is 0.471. The second-order valence-corrected chi connectivity index (χ2v) is 4.93. The van der Waals surface area contributed by atoms with Crippen LogP contribution in [-0.4, -0.2) is 43.5 Å². The predicted octanol–water partition coefficient (Wildman–Crippen LogP) is 0.497. The number of nitrogens with two attached hydrogens (primary N) is 1. The van der Waals surface area contributed by atoms with Gasteiger partial charge in [-0.1, -0.05) is 18.2 Å². The highest BCUT2D eigenvalue weighted by Crippen LogP contribution is 2.20. The normalized spacial score (nSPS) is 16.4. The Morgan fingerprint density at radius 1 is 1.26 bits per heavy atom. The molecule has 1 aromatic rings. The van der Waals surface area contributed by atoms with E-state index in [-0.39, 0.29) is 5.91 Å². The van der Waals surface area contributed by atoms with E-state index in [0.29, 0.717) is 6.42 Å². The maximum absolute atomic E-state index is 11.1. The van der Waals surface area contributed by atoms with Crippen molar-refractivity contribution in [3.8, 4) is 0 Å². The number of rotatable bonds is 4. The van der Waals surface area contributed by atoms with Crippen molar-refractivity contribution in [2.75, 3.05) is 37.6 Å². The summed E-state index contributed by atoms with van der Waals surface area (Å²) in [5.74, 6) is 4.98. The van der Waals surface area contributed by atoms with Crippen molar-refractivity contribution < 1.29 is 4.79 Å². The summed E-state index contributed by atoms with van der Waals surface area (Å²) in [6, 6.07) is 8.47. The van der Waals surface area contributed by atoms with Gasteiger partial charge in [-0.15, -0.1) is 0 Å². The van der Waals surface area contributed by atoms with Crippen LogP contribution >= 0.6 is 0 Å². The summed E-state index contributed by atoms with van der Waals surface area (Å²) in [7, 11) is 0. The fraction of sp³-hybridized carbons (Fsp3) is 0.500. The third-order valence-corrected chi connectivity index (χ3v) is 3.64. The summed E-state index contributed by atoms with van der Waals surface area (Å²) in [5, 5.41) is 0. The first-order valence-corrected chi connectivity index (χ1v) is 6.73. The lowest BCUT2D eigenvalue weighted by molar-refractivity contribution is -0.121. The molecule has 1 aliphatic heterocycles. The number of nitrogens with zero attached hydrogens (tertiary/aromatic N) is 2. The van der Waals surface area contributed by atoms with Gasteiger partial charge in [-0.05, 0) is 18.6 Å². The number of carbonyl (C=O) groups excluding carboxylic acids is 1. The van der Waals surface area contributed by atoms with E-state index in [4.69, 9.17) is 5.84 Å². The number of para-hydroxylation sites is 1. The number of benzene rings is 1. The Morgan fingerprint density at radius 3 is 2.58 bits per heavy atom. The lowest BCUT2D eigenvalue weighted by atomic mass is 10.1. The topological polar surface area (TPSA) is 61.6 Å². The number of hydrogen-bond donors (Lipinski definition) is 2. The molecular formula is C14H22N4O. The largest absolute Gasteiger partial charge is 0.369 e. The third-order valence-electron chi connectivity index (χ3n) is 3.64. The number of hydrogen-bond acceptors (Lipinski definition) is 4. The number of amides is 1. The summed E-state index contributed by atoms with van der Waals surface area (Å²) in [6.45, 7) is 6.93. The molecule has 0 bridgehead atoms. The molecule has 1 heterocycles. The fourth-order valence-corrected chi connectivity index (χ4v) is 2.46. The highest BCUT2D eigenvalue weighted by atomic mass is 16.2. The van der Waals surface area contributed by atoms with Crippen LogP contribution in [0.15, 0.2) is 24.3 Å². The third kappa shape index (κ3) is 3.68. The molecule has 1 aliphatic rings. The molecule has 0 atom stereocenters. The molecule has 1 saturated heterocycles. The van der Waals surface area contributed by atoms with E-state index in [2.05, 4.69) is 46.4 Å². The Kier molecular flexibility index (Phi) is 4.76. The van der Waals surface area contributed by atoms with E-state index in [9.17, 15) is 4.79 Å². The first-order chi connectivity index (χ1) is 9.20. The van der Waals surface area contributed by atoms with Gasteiger partial charge in [0.2, 0.25) is 5.91 Å². The van der Waals surface area contributed by atoms with E-state index >= 15 is 0 Å². The Hall–Kier alpha value is -1.59. The zero-order chi connectivity index (χ0) is 13.7. The molecular weight excluding hydrogens is 240 g/mol. The van der Waals surface area contributed by atoms with Gasteiger partial charge in [0.05, 0.1) is 0 Å². The molecule has 0 radical (unpaired) electrons. The minimum absolute atomic E-state index is 0.0960. The molecule has 5 heteroatoms. The number of hydrazine groups is 1. The molecule has 2 rings (SSSR count). The number of nitrogens with one attached hydrogen (secondary N) is 1. The summed E-state index contributed by atoms with van der Waals surface area (Å²) in [5.41, 5.74) is 4.81. The van der Waals surface area contributed by atoms with Gasteiger partial charge in [0, 0.05) is 44.8 Å². The van der Waals surface area contributed by atoms with E-state index in [0.717, 1.165) is 32.7 Å². The van der Waals surface area contributed by atoms with Gasteiger partial charge < -0.3 is 4.90 Å². The molecule has 0 spiro atoms. The van der Waals surface area contributed by atoms with Gasteiger partial charge in [-0.25, -0.2) is 5.84 Å². The van der Waals surface area contributed by atoms with Crippen LogP contribution in [0, 0.1) is 6.92 Å². The van der Waals surface area contributed by atoms with Crippen LogP contribution in [0.5, 0.6) is 0 Å². The Balaban J connectivity index is 1.83. The van der Waals surface area contributed by atoms with Crippen molar-refractivity contribution >= 4 is 11.6 Å². The maximum atomic E-state index is 11.1. The van der Waals surface area contributed by atoms with Crippen LogP contribution in [0.2, 0.25) is 0 Å². The monoisotopic (exact) mass is 262 g/mol. The lowest BCUT2D eigenvalue weighted by Crippen LogP contribution is -2.47. The van der Waals surface area contributed by atoms with Crippen LogP contribution in [-0.2, 0) is 4.79 Å². The highest BCUT2D eigenvalue weighted by molar-refractivity contribution is 5.75. The van der Waals surface area contributed by atoms with Crippen molar-refractivity contribution in [3.63, 3.8) is 0 Å². The van der Waals surface area contributed by atoms with Crippen molar-refractivity contribution in [1.82, 2.24) is 10.3 Å². The predicted molar refractivity (Wildman–Crippen MR) is 76.8 cm³/mol. The first kappa shape index (κ1) is 13.8. The molecule has 104 valence electrons. The zero-order valence-electron chi connectivity index (χ0n) is 11.4. The number of carbonyl (C=O) groups is 1. The molecule has 1 fully saturated rings. The summed E-state index contributed by atoms with van der Waals surface area (Å²) < 4.78 is 0. The van der Waals surface area contributed by atoms with E-state index in [1.165, 1.54) is 11.3 Å². The summed E-state index contributed by atoms with van der Waals surface area (Å²) in [4.78, 5) is 15.8. The van der Waals surface area contributed by atoms with Gasteiger partial charge >= 0.3 is 0 Å². The van der Waals surface area contributed by atoms with Gasteiger partial charge in [0.1, 0.15) is 0 Å². The second kappa shape index (κ2) is 6.54. The van der Waals surface area contributed by atoms with Gasteiger partial charge in [0.25, 0.3) is 0 Å². The zero-order valence-corrected chi connectivity index (χ0v) is 11.4. The molecule has 0 saturated carbocycles. The summed E-state index contributed by atoms with van der Waals surface area (Å²) in [6.07, 6.45) is 0.473. The fourth-order valence-electron chi connectivity index (χ4n) is 2.46. The van der Waals surface area contributed by atoms with Gasteiger partial charge in [-0.3, -0.25) is 15.1 Å². The Labute approximate surface area is 114 Å². The van der Waals surface area contributed by atoms with Crippen LogP contribution in [0.3, 0.4) is 0 Å². The number of aryl methyl sites for hydroxylation is 1. The second-order valence-electron chi connectivity index (χ2n) is 4.93. The van der Waals surface area contributed by atoms with Crippen molar-refractivity contribution in [1.29, 1.82) is 0 Å². The van der Waals surface area contributed by atoms with Gasteiger partial charge in [-0.2, -0.15) is 0 Å². The van der Waals surface area contributed by atoms with Crippen molar-refractivity contribution in [2.45, 2.75) is 13.3 Å². The van der Waals surface area contributed by atoms with E-state index < -0.39 is 0 Å². The lowest BCUT2D eigenvalue weighted by Gasteiger charge is -2.36. The minimum Gasteiger partial charge on any atom is -0.369 e. The molecule has 19 heavy (non-hydrogen) atoms. The molecule has 5 nitrogen and oxygen atoms in total. The number of piperazine rings is 1.